The van der Waals surface area contributed by atoms with E-state index in [0.717, 1.165) is 42.0 Å². The van der Waals surface area contributed by atoms with Crippen LogP contribution in [0.15, 0.2) is 30.5 Å². The third-order valence-electron chi connectivity index (χ3n) is 4.07. The van der Waals surface area contributed by atoms with Crippen LogP contribution < -0.4 is 4.74 Å². The first-order valence-corrected chi connectivity index (χ1v) is 8.15. The number of aryl methyl sites for hydroxylation is 1. The van der Waals surface area contributed by atoms with Gasteiger partial charge in [0.1, 0.15) is 17.4 Å². The van der Waals surface area contributed by atoms with Crippen LogP contribution >= 0.6 is 11.3 Å². The lowest BCUT2D eigenvalue weighted by molar-refractivity contribution is 0.115. The molecule has 4 heteroatoms. The number of thiazole rings is 1. The van der Waals surface area contributed by atoms with E-state index in [1.807, 2.05) is 30.5 Å². The number of rotatable bonds is 5. The highest BCUT2D eigenvalue weighted by atomic mass is 32.1. The molecule has 0 radical (unpaired) electrons. The largest absolute Gasteiger partial charge is 0.492 e. The topological polar surface area (TPSA) is 45.9 Å². The normalized spacial score (nSPS) is 16.0. The van der Waals surface area contributed by atoms with Gasteiger partial charge < -0.3 is 4.74 Å². The molecule has 0 aliphatic heterocycles. The van der Waals surface area contributed by atoms with Crippen LogP contribution in [0.4, 0.5) is 0 Å². The lowest BCUT2D eigenvalue weighted by atomic mass is 9.71. The molecule has 1 aliphatic carbocycles. The zero-order chi connectivity index (χ0) is 14.7. The Morgan fingerprint density at radius 2 is 2.10 bits per heavy atom. The van der Waals surface area contributed by atoms with Crippen LogP contribution in [-0.4, -0.2) is 11.6 Å². The highest BCUT2D eigenvalue weighted by Crippen LogP contribution is 2.40. The predicted molar refractivity (Wildman–Crippen MR) is 84.3 cm³/mol. The number of hydrogen-bond donors (Lipinski definition) is 0. The van der Waals surface area contributed by atoms with Crippen molar-refractivity contribution in [1.29, 1.82) is 5.26 Å². The van der Waals surface area contributed by atoms with Gasteiger partial charge in [0, 0.05) is 16.6 Å². The van der Waals surface area contributed by atoms with Crippen molar-refractivity contribution < 1.29 is 4.74 Å². The maximum atomic E-state index is 9.20. The van der Waals surface area contributed by atoms with Crippen LogP contribution in [0.25, 0.3) is 10.6 Å². The van der Waals surface area contributed by atoms with Crippen molar-refractivity contribution in [1.82, 2.24) is 4.98 Å². The van der Waals surface area contributed by atoms with Gasteiger partial charge in [0.25, 0.3) is 0 Å². The minimum Gasteiger partial charge on any atom is -0.492 e. The Labute approximate surface area is 129 Å². The van der Waals surface area contributed by atoms with Crippen LogP contribution in [0.3, 0.4) is 0 Å². The van der Waals surface area contributed by atoms with Crippen LogP contribution in [0.5, 0.6) is 5.75 Å². The third kappa shape index (κ3) is 2.93. The highest BCUT2D eigenvalue weighted by Gasteiger charge is 2.38. The molecule has 1 fully saturated rings. The molecule has 1 aliphatic rings. The molecule has 1 heterocycles. The molecule has 0 N–H and O–H groups in total. The van der Waals surface area contributed by atoms with Gasteiger partial charge in [-0.1, -0.05) is 13.3 Å². The fraction of sp³-hybridized carbons (Fsp3) is 0.412. The van der Waals surface area contributed by atoms with E-state index in [1.54, 1.807) is 11.3 Å². The Morgan fingerprint density at radius 3 is 2.62 bits per heavy atom. The average Bonchev–Trinajstić information content (AvgIpc) is 2.96. The monoisotopic (exact) mass is 298 g/mol. The van der Waals surface area contributed by atoms with Gasteiger partial charge in [-0.25, -0.2) is 4.98 Å². The van der Waals surface area contributed by atoms with E-state index in [0.29, 0.717) is 6.61 Å². The molecule has 1 aromatic heterocycles. The summed E-state index contributed by atoms with van der Waals surface area (Å²) in [5.74, 6) is 0.826. The molecule has 0 saturated heterocycles. The van der Waals surface area contributed by atoms with Crippen LogP contribution in [0, 0.1) is 16.7 Å². The predicted octanol–water partition coefficient (Wildman–Crippen LogP) is 4.45. The maximum Gasteiger partial charge on any atom is 0.123 e. The van der Waals surface area contributed by atoms with E-state index in [2.05, 4.69) is 18.0 Å². The molecule has 21 heavy (non-hydrogen) atoms. The third-order valence-corrected chi connectivity index (χ3v) is 5.26. The standard InChI is InChI=1S/C17H18N2OS/c1-2-15-10-19-16(21-15)13-4-6-14(7-5-13)20-12-17(11-18)8-3-9-17/h4-7,10H,2-3,8-9,12H2,1H3. The molecular formula is C17H18N2OS. The minimum absolute atomic E-state index is 0.246. The van der Waals surface area contributed by atoms with Gasteiger partial charge in [-0.15, -0.1) is 11.3 Å². The van der Waals surface area contributed by atoms with Crippen LogP contribution in [0.1, 0.15) is 31.1 Å². The van der Waals surface area contributed by atoms with Gasteiger partial charge in [0.05, 0.1) is 11.5 Å². The number of nitriles is 1. The van der Waals surface area contributed by atoms with Gasteiger partial charge in [-0.3, -0.25) is 0 Å². The Kier molecular flexibility index (Phi) is 3.94. The molecule has 2 aromatic rings. The summed E-state index contributed by atoms with van der Waals surface area (Å²) in [6, 6.07) is 10.4. The van der Waals surface area contributed by atoms with E-state index >= 15 is 0 Å². The Morgan fingerprint density at radius 1 is 1.33 bits per heavy atom. The molecule has 0 unspecified atom stereocenters. The van der Waals surface area contributed by atoms with Gasteiger partial charge in [-0.2, -0.15) is 5.26 Å². The summed E-state index contributed by atoms with van der Waals surface area (Å²) in [4.78, 5) is 5.74. The molecular weight excluding hydrogens is 280 g/mol. The van der Waals surface area contributed by atoms with Gasteiger partial charge in [0.15, 0.2) is 0 Å². The Hall–Kier alpha value is -1.86. The van der Waals surface area contributed by atoms with Crippen molar-refractivity contribution in [3.05, 3.63) is 35.3 Å². The molecule has 3 nitrogen and oxygen atoms in total. The summed E-state index contributed by atoms with van der Waals surface area (Å²) in [6.45, 7) is 2.64. The van der Waals surface area contributed by atoms with Crippen molar-refractivity contribution in [3.8, 4) is 22.4 Å². The van der Waals surface area contributed by atoms with Gasteiger partial charge in [-0.05, 0) is 43.5 Å². The minimum atomic E-state index is -0.246. The molecule has 0 spiro atoms. The lowest BCUT2D eigenvalue weighted by Crippen LogP contribution is -2.34. The number of benzene rings is 1. The van der Waals surface area contributed by atoms with E-state index in [1.165, 1.54) is 4.88 Å². The molecule has 0 atom stereocenters. The second-order valence-electron chi connectivity index (χ2n) is 5.54. The molecule has 0 amide bonds. The first kappa shape index (κ1) is 14.1. The lowest BCUT2D eigenvalue weighted by Gasteiger charge is -2.34. The fourth-order valence-electron chi connectivity index (χ4n) is 2.41. The summed E-state index contributed by atoms with van der Waals surface area (Å²) < 4.78 is 5.78. The molecule has 3 rings (SSSR count). The second-order valence-corrected chi connectivity index (χ2v) is 6.66. The van der Waals surface area contributed by atoms with Crippen molar-refractivity contribution >= 4 is 11.3 Å². The SMILES string of the molecule is CCc1cnc(-c2ccc(OCC3(C#N)CCC3)cc2)s1. The Bertz CT molecular complexity index is 650. The van der Waals surface area contributed by atoms with E-state index in [9.17, 15) is 5.26 Å². The summed E-state index contributed by atoms with van der Waals surface area (Å²) in [5.41, 5.74) is 0.870. The number of hydrogen-bond acceptors (Lipinski definition) is 4. The smallest absolute Gasteiger partial charge is 0.123 e. The number of ether oxygens (including phenoxy) is 1. The van der Waals surface area contributed by atoms with Crippen LogP contribution in [-0.2, 0) is 6.42 Å². The molecule has 1 saturated carbocycles. The summed E-state index contributed by atoms with van der Waals surface area (Å²) in [7, 11) is 0. The summed E-state index contributed by atoms with van der Waals surface area (Å²) >= 11 is 1.73. The van der Waals surface area contributed by atoms with E-state index in [4.69, 9.17) is 4.74 Å². The zero-order valence-corrected chi connectivity index (χ0v) is 12.9. The van der Waals surface area contributed by atoms with E-state index in [-0.39, 0.29) is 5.41 Å². The Balaban J connectivity index is 1.65. The molecule has 1 aromatic carbocycles. The zero-order valence-electron chi connectivity index (χ0n) is 12.1. The van der Waals surface area contributed by atoms with Crippen molar-refractivity contribution in [3.63, 3.8) is 0 Å². The summed E-state index contributed by atoms with van der Waals surface area (Å²) in [5, 5.41) is 10.2. The van der Waals surface area contributed by atoms with Crippen molar-refractivity contribution in [2.24, 2.45) is 5.41 Å². The van der Waals surface area contributed by atoms with Gasteiger partial charge in [0.2, 0.25) is 0 Å². The van der Waals surface area contributed by atoms with Crippen molar-refractivity contribution in [2.45, 2.75) is 32.6 Å². The molecule has 108 valence electrons. The number of aromatic nitrogens is 1. The highest BCUT2D eigenvalue weighted by molar-refractivity contribution is 7.15. The first-order chi connectivity index (χ1) is 10.2. The average molecular weight is 298 g/mol. The molecule has 0 bridgehead atoms. The maximum absolute atomic E-state index is 9.20. The quantitative estimate of drug-likeness (QED) is 0.819. The second kappa shape index (κ2) is 5.87. The van der Waals surface area contributed by atoms with E-state index < -0.39 is 0 Å². The summed E-state index contributed by atoms with van der Waals surface area (Å²) in [6.07, 6.45) is 6.02. The van der Waals surface area contributed by atoms with Crippen LogP contribution in [0.2, 0.25) is 0 Å². The first-order valence-electron chi connectivity index (χ1n) is 7.34. The van der Waals surface area contributed by atoms with Crippen molar-refractivity contribution in [2.75, 3.05) is 6.61 Å². The fourth-order valence-corrected chi connectivity index (χ4v) is 3.27. The van der Waals surface area contributed by atoms with Gasteiger partial charge >= 0.3 is 0 Å². The number of nitrogens with zero attached hydrogens (tertiary/aromatic N) is 2.